The van der Waals surface area contributed by atoms with Gasteiger partial charge in [-0.15, -0.1) is 0 Å². The van der Waals surface area contributed by atoms with Gasteiger partial charge in [-0.05, 0) is 109 Å². The SMILES string of the molecule is CC\C=C/C=C\C=C/CCCCCCCCCC(=O)OCC(COC(=O)CC/C=C\C/C=C\C/C=C\C/C=C\C/C=C\CC)OC(=O)CCCCC/C=C\C/C=C\C/C=C\C/C=C\CC. The number of ether oxygens (including phenoxy) is 3. The third-order valence-electron chi connectivity index (χ3n) is 9.89. The Kier molecular flexibility index (Phi) is 48.2. The second kappa shape index (κ2) is 51.9. The Morgan fingerprint density at radius 2 is 0.662 bits per heavy atom. The molecule has 0 aromatic rings. The first-order valence-electron chi connectivity index (χ1n) is 25.4. The fourth-order valence-electron chi connectivity index (χ4n) is 6.19. The molecule has 0 aromatic carbocycles. The lowest BCUT2D eigenvalue weighted by Crippen LogP contribution is -2.30. The highest BCUT2D eigenvalue weighted by Crippen LogP contribution is 2.12. The van der Waals surface area contributed by atoms with Crippen molar-refractivity contribution in [2.24, 2.45) is 0 Å². The average Bonchev–Trinajstić information content (AvgIpc) is 3.30. The van der Waals surface area contributed by atoms with Crippen LogP contribution in [0.5, 0.6) is 0 Å². The van der Waals surface area contributed by atoms with Gasteiger partial charge in [-0.2, -0.15) is 0 Å². The highest BCUT2D eigenvalue weighted by atomic mass is 16.6. The number of unbranched alkanes of at least 4 members (excludes halogenated alkanes) is 10. The van der Waals surface area contributed by atoms with Gasteiger partial charge in [-0.25, -0.2) is 0 Å². The van der Waals surface area contributed by atoms with Gasteiger partial charge in [-0.1, -0.05) is 205 Å². The van der Waals surface area contributed by atoms with Gasteiger partial charge in [0.25, 0.3) is 0 Å². The Balaban J connectivity index is 4.61. The summed E-state index contributed by atoms with van der Waals surface area (Å²) in [5, 5.41) is 0. The summed E-state index contributed by atoms with van der Waals surface area (Å²) < 4.78 is 16.7. The summed E-state index contributed by atoms with van der Waals surface area (Å²) >= 11 is 0. The molecule has 1 atom stereocenters. The molecule has 0 N–H and O–H groups in total. The lowest BCUT2D eigenvalue weighted by Gasteiger charge is -2.18. The summed E-state index contributed by atoms with van der Waals surface area (Å²) in [5.74, 6) is -1.07. The van der Waals surface area contributed by atoms with Crippen molar-refractivity contribution in [3.05, 3.63) is 146 Å². The van der Waals surface area contributed by atoms with E-state index in [4.69, 9.17) is 14.2 Å². The van der Waals surface area contributed by atoms with Gasteiger partial charge in [0.05, 0.1) is 0 Å². The minimum Gasteiger partial charge on any atom is -0.462 e. The van der Waals surface area contributed by atoms with E-state index in [-0.39, 0.29) is 44.0 Å². The van der Waals surface area contributed by atoms with Crippen LogP contribution in [0.3, 0.4) is 0 Å². The Bertz CT molecular complexity index is 1490. The molecule has 0 spiro atoms. The molecule has 0 radical (unpaired) electrons. The molecule has 1 unspecified atom stereocenters. The smallest absolute Gasteiger partial charge is 0.306 e. The van der Waals surface area contributed by atoms with E-state index in [0.717, 1.165) is 116 Å². The van der Waals surface area contributed by atoms with Gasteiger partial charge in [0.15, 0.2) is 6.10 Å². The van der Waals surface area contributed by atoms with Crippen LogP contribution in [0.25, 0.3) is 0 Å². The second-order valence-electron chi connectivity index (χ2n) is 16.0. The van der Waals surface area contributed by atoms with E-state index in [1.165, 1.54) is 19.3 Å². The number of rotatable bonds is 43. The van der Waals surface area contributed by atoms with Gasteiger partial charge >= 0.3 is 17.9 Å². The summed E-state index contributed by atoms with van der Waals surface area (Å²) in [7, 11) is 0. The lowest BCUT2D eigenvalue weighted by atomic mass is 10.1. The van der Waals surface area contributed by atoms with E-state index in [1.54, 1.807) is 0 Å². The van der Waals surface area contributed by atoms with Crippen LogP contribution < -0.4 is 0 Å². The summed E-state index contributed by atoms with van der Waals surface area (Å²) in [4.78, 5) is 38.0. The largest absolute Gasteiger partial charge is 0.462 e. The van der Waals surface area contributed by atoms with Crippen LogP contribution in [0.4, 0.5) is 0 Å². The molecule has 6 nitrogen and oxygen atoms in total. The first-order valence-corrected chi connectivity index (χ1v) is 25.4. The molecule has 0 bridgehead atoms. The van der Waals surface area contributed by atoms with E-state index in [1.807, 2.05) is 12.2 Å². The lowest BCUT2D eigenvalue weighted by molar-refractivity contribution is -0.166. The molecular weight excluding hydrogens is 805 g/mol. The summed E-state index contributed by atoms with van der Waals surface area (Å²) in [6.07, 6.45) is 74.1. The topological polar surface area (TPSA) is 78.9 Å². The molecular formula is C59H90O6. The van der Waals surface area contributed by atoms with Crippen LogP contribution in [-0.2, 0) is 28.6 Å². The number of hydrogen-bond acceptors (Lipinski definition) is 6. The average molecular weight is 895 g/mol. The fourth-order valence-corrected chi connectivity index (χ4v) is 6.19. The Morgan fingerprint density at radius 1 is 0.323 bits per heavy atom. The van der Waals surface area contributed by atoms with E-state index >= 15 is 0 Å². The standard InChI is InChI=1S/C59H90O6/c1-4-7-10-13-16-19-22-25-28-31-34-37-40-43-46-49-52-58(61)64-55-56(54-63-57(60)51-48-45-42-39-36-33-30-27-24-21-18-15-12-9-6-3)65-59(62)53-50-47-44-41-38-35-32-29-26-23-20-17-14-11-8-5-2/h7-12,15-21,24-26,28-29,34-35,37-38,43,46,56H,4-6,13-14,22-23,27,30-33,36,39-42,44-45,47-55H2,1-3H3/b10-7-,11-8-,12-9-,18-15-,19-16-,20-17-,24-21-,28-25-,29-26-,37-34-,38-35-,46-43-. The molecule has 0 heterocycles. The van der Waals surface area contributed by atoms with E-state index in [9.17, 15) is 14.4 Å². The molecule has 0 saturated heterocycles. The highest BCUT2D eigenvalue weighted by molar-refractivity contribution is 5.71. The van der Waals surface area contributed by atoms with Crippen LogP contribution in [0.15, 0.2) is 146 Å². The molecule has 0 aliphatic rings. The maximum absolute atomic E-state index is 12.8. The van der Waals surface area contributed by atoms with Gasteiger partial charge in [-0.3, -0.25) is 14.4 Å². The monoisotopic (exact) mass is 895 g/mol. The summed E-state index contributed by atoms with van der Waals surface area (Å²) in [6.45, 7) is 6.15. The minimum absolute atomic E-state index is 0.127. The molecule has 0 aliphatic heterocycles. The molecule has 0 amide bonds. The molecule has 0 aliphatic carbocycles. The normalized spacial score (nSPS) is 13.3. The zero-order chi connectivity index (χ0) is 47.2. The predicted molar refractivity (Wildman–Crippen MR) is 279 cm³/mol. The Morgan fingerprint density at radius 3 is 1.14 bits per heavy atom. The Labute approximate surface area is 397 Å². The van der Waals surface area contributed by atoms with Crippen molar-refractivity contribution in [3.8, 4) is 0 Å². The molecule has 362 valence electrons. The summed E-state index contributed by atoms with van der Waals surface area (Å²) in [5.41, 5.74) is 0. The van der Waals surface area contributed by atoms with Crippen molar-refractivity contribution in [3.63, 3.8) is 0 Å². The predicted octanol–water partition coefficient (Wildman–Crippen LogP) is 16.9. The maximum Gasteiger partial charge on any atom is 0.306 e. The van der Waals surface area contributed by atoms with Gasteiger partial charge in [0, 0.05) is 19.3 Å². The molecule has 6 heteroatoms. The highest BCUT2D eigenvalue weighted by Gasteiger charge is 2.19. The molecule has 0 saturated carbocycles. The van der Waals surface area contributed by atoms with E-state index in [2.05, 4.69) is 154 Å². The van der Waals surface area contributed by atoms with Crippen LogP contribution >= 0.6 is 0 Å². The van der Waals surface area contributed by atoms with Gasteiger partial charge in [0.1, 0.15) is 13.2 Å². The number of carbonyl (C=O) groups excluding carboxylic acids is 3. The third kappa shape index (κ3) is 50.2. The number of esters is 3. The second-order valence-corrected chi connectivity index (χ2v) is 16.0. The number of hydrogen-bond donors (Lipinski definition) is 0. The van der Waals surface area contributed by atoms with Crippen LogP contribution in [0, 0.1) is 0 Å². The molecule has 65 heavy (non-hydrogen) atoms. The minimum atomic E-state index is -0.836. The van der Waals surface area contributed by atoms with E-state index < -0.39 is 6.10 Å². The number of allylic oxidation sites excluding steroid dienone is 24. The third-order valence-corrected chi connectivity index (χ3v) is 9.89. The first-order chi connectivity index (χ1) is 32.0. The molecule has 0 aromatic heterocycles. The van der Waals surface area contributed by atoms with Crippen molar-refractivity contribution in [1.29, 1.82) is 0 Å². The van der Waals surface area contributed by atoms with Crippen LogP contribution in [0.1, 0.15) is 188 Å². The molecule has 0 rings (SSSR count). The molecule has 0 fully saturated rings. The first kappa shape index (κ1) is 60.3. The zero-order valence-electron chi connectivity index (χ0n) is 41.2. The number of carbonyl (C=O) groups is 3. The summed E-state index contributed by atoms with van der Waals surface area (Å²) in [6, 6.07) is 0. The van der Waals surface area contributed by atoms with Crippen molar-refractivity contribution in [2.75, 3.05) is 13.2 Å². The maximum atomic E-state index is 12.8. The van der Waals surface area contributed by atoms with Crippen molar-refractivity contribution in [1.82, 2.24) is 0 Å². The Hall–Kier alpha value is -4.71. The van der Waals surface area contributed by atoms with Crippen LogP contribution in [0.2, 0.25) is 0 Å². The quantitative estimate of drug-likeness (QED) is 0.0199. The van der Waals surface area contributed by atoms with Crippen LogP contribution in [-0.4, -0.2) is 37.2 Å². The zero-order valence-corrected chi connectivity index (χ0v) is 41.2. The van der Waals surface area contributed by atoms with Crippen molar-refractivity contribution >= 4 is 17.9 Å². The van der Waals surface area contributed by atoms with Crippen molar-refractivity contribution in [2.45, 2.75) is 194 Å². The van der Waals surface area contributed by atoms with Gasteiger partial charge in [0.2, 0.25) is 0 Å². The van der Waals surface area contributed by atoms with Crippen molar-refractivity contribution < 1.29 is 28.6 Å². The van der Waals surface area contributed by atoms with Gasteiger partial charge < -0.3 is 14.2 Å². The van der Waals surface area contributed by atoms with E-state index in [0.29, 0.717) is 19.3 Å². The fraction of sp³-hybridized carbons (Fsp3) is 0.542.